The van der Waals surface area contributed by atoms with Crippen molar-refractivity contribution in [1.82, 2.24) is 9.80 Å². The van der Waals surface area contributed by atoms with Crippen LogP contribution in [-0.4, -0.2) is 54.4 Å². The Morgan fingerprint density at radius 2 is 1.39 bits per heavy atom. The summed E-state index contributed by atoms with van der Waals surface area (Å²) in [6.07, 6.45) is 0. The summed E-state index contributed by atoms with van der Waals surface area (Å²) >= 11 is 0. The van der Waals surface area contributed by atoms with Crippen molar-refractivity contribution < 1.29 is 14.3 Å². The highest BCUT2D eigenvalue weighted by atomic mass is 16.5. The molecule has 0 aliphatic carbocycles. The summed E-state index contributed by atoms with van der Waals surface area (Å²) in [6.45, 7) is 2.12. The van der Waals surface area contributed by atoms with Crippen molar-refractivity contribution in [3.8, 4) is 5.75 Å². The van der Waals surface area contributed by atoms with Gasteiger partial charge >= 0.3 is 0 Å². The van der Waals surface area contributed by atoms with Crippen LogP contribution in [0.4, 0.5) is 0 Å². The minimum atomic E-state index is -0.0558. The van der Waals surface area contributed by atoms with Crippen LogP contribution in [0.25, 0.3) is 10.8 Å². The number of hydrogen-bond acceptors (Lipinski definition) is 3. The maximum absolute atomic E-state index is 12.6. The molecule has 0 radical (unpaired) electrons. The number of fused-ring (bicyclic) bond motifs is 1. The lowest BCUT2D eigenvalue weighted by atomic mass is 10.1. The Morgan fingerprint density at radius 3 is 2.18 bits per heavy atom. The lowest BCUT2D eigenvalue weighted by Gasteiger charge is -2.34. The molecule has 28 heavy (non-hydrogen) atoms. The Bertz CT molecular complexity index is 974. The third-order valence-electron chi connectivity index (χ3n) is 5.04. The fourth-order valence-electron chi connectivity index (χ4n) is 3.47. The van der Waals surface area contributed by atoms with Crippen LogP contribution in [-0.2, 0) is 4.79 Å². The van der Waals surface area contributed by atoms with E-state index in [1.54, 1.807) is 9.80 Å². The van der Waals surface area contributed by atoms with Gasteiger partial charge in [-0.2, -0.15) is 0 Å². The molecule has 0 saturated carbocycles. The van der Waals surface area contributed by atoms with Crippen LogP contribution in [0.5, 0.6) is 5.75 Å². The van der Waals surface area contributed by atoms with Gasteiger partial charge in [0.25, 0.3) is 11.8 Å². The second kappa shape index (κ2) is 8.13. The third-order valence-corrected chi connectivity index (χ3v) is 5.04. The van der Waals surface area contributed by atoms with Gasteiger partial charge in [-0.1, -0.05) is 54.6 Å². The molecular formula is C23H22N2O3. The monoisotopic (exact) mass is 374 g/mol. The van der Waals surface area contributed by atoms with Crippen LogP contribution in [0.2, 0.25) is 0 Å². The summed E-state index contributed by atoms with van der Waals surface area (Å²) in [4.78, 5) is 28.6. The van der Waals surface area contributed by atoms with E-state index in [-0.39, 0.29) is 18.4 Å². The number of nitrogens with zero attached hydrogens (tertiary/aromatic N) is 2. The molecule has 1 saturated heterocycles. The van der Waals surface area contributed by atoms with Crippen LogP contribution in [0.3, 0.4) is 0 Å². The number of rotatable bonds is 4. The molecule has 1 heterocycles. The first-order valence-corrected chi connectivity index (χ1v) is 9.45. The molecule has 2 amide bonds. The van der Waals surface area contributed by atoms with Gasteiger partial charge in [-0.15, -0.1) is 0 Å². The van der Waals surface area contributed by atoms with Crippen molar-refractivity contribution in [2.75, 3.05) is 32.8 Å². The molecule has 0 unspecified atom stereocenters. The maximum Gasteiger partial charge on any atom is 0.260 e. The summed E-state index contributed by atoms with van der Waals surface area (Å²) in [5.41, 5.74) is 0.682. The van der Waals surface area contributed by atoms with Crippen molar-refractivity contribution in [1.29, 1.82) is 0 Å². The molecule has 0 atom stereocenters. The number of carbonyl (C=O) groups is 2. The first kappa shape index (κ1) is 18.0. The molecule has 1 aliphatic heterocycles. The highest BCUT2D eigenvalue weighted by molar-refractivity contribution is 5.94. The summed E-state index contributed by atoms with van der Waals surface area (Å²) in [5, 5.41) is 2.08. The van der Waals surface area contributed by atoms with Crippen LogP contribution >= 0.6 is 0 Å². The zero-order valence-corrected chi connectivity index (χ0v) is 15.6. The smallest absolute Gasteiger partial charge is 0.260 e. The molecule has 1 aliphatic rings. The van der Waals surface area contributed by atoms with Gasteiger partial charge in [0.2, 0.25) is 0 Å². The molecule has 0 N–H and O–H groups in total. The lowest BCUT2D eigenvalue weighted by Crippen LogP contribution is -2.51. The molecule has 0 spiro atoms. The summed E-state index contributed by atoms with van der Waals surface area (Å²) in [7, 11) is 0. The Balaban J connectivity index is 1.32. The number of hydrogen-bond donors (Lipinski definition) is 0. The largest absolute Gasteiger partial charge is 0.483 e. The van der Waals surface area contributed by atoms with Crippen LogP contribution in [0, 0.1) is 0 Å². The fourth-order valence-corrected chi connectivity index (χ4v) is 3.47. The lowest BCUT2D eigenvalue weighted by molar-refractivity contribution is -0.134. The molecule has 4 rings (SSSR count). The number of piperazine rings is 1. The SMILES string of the molecule is O=C(COc1cccc2ccccc12)N1CCN(C(=O)c2ccccc2)CC1. The van der Waals surface area contributed by atoms with E-state index >= 15 is 0 Å². The highest BCUT2D eigenvalue weighted by Gasteiger charge is 2.25. The van der Waals surface area contributed by atoms with E-state index in [9.17, 15) is 9.59 Å². The minimum Gasteiger partial charge on any atom is -0.483 e. The van der Waals surface area contributed by atoms with E-state index < -0.39 is 0 Å². The quantitative estimate of drug-likeness (QED) is 0.705. The van der Waals surface area contributed by atoms with Gasteiger partial charge in [-0.3, -0.25) is 9.59 Å². The molecular weight excluding hydrogens is 352 g/mol. The summed E-state index contributed by atoms with van der Waals surface area (Å²) < 4.78 is 5.81. The third kappa shape index (κ3) is 3.83. The van der Waals surface area contributed by atoms with Crippen molar-refractivity contribution in [3.63, 3.8) is 0 Å². The molecule has 0 bridgehead atoms. The van der Waals surface area contributed by atoms with Crippen LogP contribution in [0.15, 0.2) is 72.8 Å². The van der Waals surface area contributed by atoms with Gasteiger partial charge in [-0.25, -0.2) is 0 Å². The predicted octanol–water partition coefficient (Wildman–Crippen LogP) is 3.20. The second-order valence-electron chi connectivity index (χ2n) is 6.80. The van der Waals surface area contributed by atoms with E-state index in [4.69, 9.17) is 4.74 Å². The molecule has 3 aromatic rings. The normalized spacial score (nSPS) is 14.1. The zero-order valence-electron chi connectivity index (χ0n) is 15.6. The second-order valence-corrected chi connectivity index (χ2v) is 6.80. The first-order chi connectivity index (χ1) is 13.7. The van der Waals surface area contributed by atoms with Crippen LogP contribution in [0.1, 0.15) is 10.4 Å². The van der Waals surface area contributed by atoms with Gasteiger partial charge in [-0.05, 0) is 23.6 Å². The van der Waals surface area contributed by atoms with E-state index in [1.807, 2.05) is 72.8 Å². The van der Waals surface area contributed by atoms with Crippen LogP contribution < -0.4 is 4.74 Å². The number of carbonyl (C=O) groups excluding carboxylic acids is 2. The van der Waals surface area contributed by atoms with Crippen molar-refractivity contribution >= 4 is 22.6 Å². The Hall–Kier alpha value is -3.34. The van der Waals surface area contributed by atoms with E-state index in [2.05, 4.69) is 0 Å². The van der Waals surface area contributed by atoms with Gasteiger partial charge < -0.3 is 14.5 Å². The van der Waals surface area contributed by atoms with Crippen molar-refractivity contribution in [2.45, 2.75) is 0 Å². The predicted molar refractivity (Wildman–Crippen MR) is 108 cm³/mol. The summed E-state index contributed by atoms with van der Waals surface area (Å²) in [6, 6.07) is 23.0. The molecule has 3 aromatic carbocycles. The van der Waals surface area contributed by atoms with E-state index in [0.717, 1.165) is 10.8 Å². The molecule has 1 fully saturated rings. The summed E-state index contributed by atoms with van der Waals surface area (Å²) in [5.74, 6) is 0.670. The standard InChI is InChI=1S/C23H22N2O3/c26-22(17-28-21-12-6-10-18-7-4-5-11-20(18)21)24-13-15-25(16-14-24)23(27)19-8-2-1-3-9-19/h1-12H,13-17H2. The van der Waals surface area contributed by atoms with Crippen molar-refractivity contribution in [2.24, 2.45) is 0 Å². The van der Waals surface area contributed by atoms with Crippen molar-refractivity contribution in [3.05, 3.63) is 78.4 Å². The number of benzene rings is 3. The molecule has 5 heteroatoms. The van der Waals surface area contributed by atoms with Gasteiger partial charge in [0.15, 0.2) is 6.61 Å². The topological polar surface area (TPSA) is 49.9 Å². The average Bonchev–Trinajstić information content (AvgIpc) is 2.77. The Morgan fingerprint density at radius 1 is 0.750 bits per heavy atom. The highest BCUT2D eigenvalue weighted by Crippen LogP contribution is 2.25. The van der Waals surface area contributed by atoms with Gasteiger partial charge in [0.1, 0.15) is 5.75 Å². The fraction of sp³-hybridized carbons (Fsp3) is 0.217. The molecule has 142 valence electrons. The molecule has 5 nitrogen and oxygen atoms in total. The minimum absolute atomic E-state index is 0.000634. The zero-order chi connectivity index (χ0) is 19.3. The average molecular weight is 374 g/mol. The molecule has 0 aromatic heterocycles. The number of ether oxygens (including phenoxy) is 1. The van der Waals surface area contributed by atoms with Gasteiger partial charge in [0.05, 0.1) is 0 Å². The Labute approximate surface area is 164 Å². The van der Waals surface area contributed by atoms with Gasteiger partial charge in [0, 0.05) is 37.1 Å². The van der Waals surface area contributed by atoms with E-state index in [0.29, 0.717) is 37.5 Å². The number of amides is 2. The Kier molecular flexibility index (Phi) is 5.24. The maximum atomic E-state index is 12.6. The first-order valence-electron chi connectivity index (χ1n) is 9.45. The van der Waals surface area contributed by atoms with E-state index in [1.165, 1.54) is 0 Å².